The van der Waals surface area contributed by atoms with Crippen molar-refractivity contribution < 1.29 is 45.3 Å². The Balaban J connectivity index is 1.93. The molecule has 1 aliphatic rings. The summed E-state index contributed by atoms with van der Waals surface area (Å²) in [5, 5.41) is 0. The zero-order valence-electron chi connectivity index (χ0n) is 15.7. The Hall–Kier alpha value is -1.94. The van der Waals surface area contributed by atoms with E-state index >= 15 is 0 Å². The van der Waals surface area contributed by atoms with Gasteiger partial charge >= 0.3 is 12.2 Å². The highest BCUT2D eigenvalue weighted by Gasteiger charge is 2.47. The first-order valence-corrected chi connectivity index (χ1v) is 9.19. The molecule has 0 atom stereocenters. The van der Waals surface area contributed by atoms with Crippen LogP contribution in [0, 0.1) is 17.6 Å². The van der Waals surface area contributed by atoms with Gasteiger partial charge in [-0.2, -0.15) is 17.6 Å². The first-order valence-electron chi connectivity index (χ1n) is 9.19. The number of alkyl halides is 2. The molecule has 0 saturated carbocycles. The van der Waals surface area contributed by atoms with Crippen LogP contribution in [-0.2, 0) is 9.47 Å². The lowest BCUT2D eigenvalue weighted by molar-refractivity contribution is -0.352. The predicted molar refractivity (Wildman–Crippen MR) is 90.8 cm³/mol. The fourth-order valence-electron chi connectivity index (χ4n) is 2.78. The van der Waals surface area contributed by atoms with E-state index in [9.17, 15) is 26.3 Å². The molecule has 0 aliphatic carbocycles. The minimum absolute atomic E-state index is 0.0193. The van der Waals surface area contributed by atoms with Gasteiger partial charge in [-0.05, 0) is 6.42 Å². The second-order valence-corrected chi connectivity index (χ2v) is 6.62. The number of unbranched alkanes of at least 4 members (excludes halogenated alkanes) is 3. The van der Waals surface area contributed by atoms with Gasteiger partial charge in [0.2, 0.25) is 0 Å². The van der Waals surface area contributed by atoms with Crippen molar-refractivity contribution in [3.8, 4) is 11.5 Å². The van der Waals surface area contributed by atoms with Crippen LogP contribution in [0.2, 0.25) is 0 Å². The maximum absolute atomic E-state index is 14.2. The van der Waals surface area contributed by atoms with E-state index in [0.29, 0.717) is 12.1 Å². The third-order valence-corrected chi connectivity index (χ3v) is 4.20. The molecule has 0 unspecified atom stereocenters. The van der Waals surface area contributed by atoms with Gasteiger partial charge in [0.25, 0.3) is 6.29 Å². The lowest BCUT2D eigenvalue weighted by Gasteiger charge is -2.33. The number of halogens is 6. The smallest absolute Gasteiger partial charge is 0.451 e. The monoisotopic (exact) mass is 428 g/mol. The molecule has 2 rings (SSSR count). The van der Waals surface area contributed by atoms with Crippen LogP contribution >= 0.6 is 0 Å². The summed E-state index contributed by atoms with van der Waals surface area (Å²) in [5.41, 5.74) is 0. The predicted octanol–water partition coefficient (Wildman–Crippen LogP) is 6.01. The SMILES string of the molecule is CCCCCCC1COC(C(F)(F)Oc2cc(F)c(OC=C(F)F)c(F)c2)OC1. The average Bonchev–Trinajstić information content (AvgIpc) is 2.64. The lowest BCUT2D eigenvalue weighted by Crippen LogP contribution is -2.47. The van der Waals surface area contributed by atoms with Crippen molar-refractivity contribution in [1.82, 2.24) is 0 Å². The highest BCUT2D eigenvalue weighted by atomic mass is 19.3. The summed E-state index contributed by atoms with van der Waals surface area (Å²) in [6.45, 7) is 2.18. The molecule has 0 radical (unpaired) electrons. The molecule has 0 aromatic heterocycles. The Morgan fingerprint density at radius 3 is 2.28 bits per heavy atom. The fraction of sp³-hybridized carbons (Fsp3) is 0.579. The van der Waals surface area contributed by atoms with Gasteiger partial charge in [0.1, 0.15) is 5.75 Å². The molecule has 29 heavy (non-hydrogen) atoms. The van der Waals surface area contributed by atoms with Crippen LogP contribution in [0.15, 0.2) is 24.5 Å². The van der Waals surface area contributed by atoms with E-state index in [1.807, 2.05) is 0 Å². The van der Waals surface area contributed by atoms with Gasteiger partial charge in [-0.3, -0.25) is 0 Å². The standard InChI is InChI=1S/C19H22F6O4/c1-2-3-4-5-6-12-9-27-18(28-10-12)19(24,25)29-13-7-14(20)17(15(21)8-13)26-11-16(22)23/h7-8,11-12,18H,2-6,9-10H2,1H3. The van der Waals surface area contributed by atoms with Crippen LogP contribution in [-0.4, -0.2) is 25.6 Å². The molecular weight excluding hydrogens is 406 g/mol. The number of rotatable bonds is 10. The van der Waals surface area contributed by atoms with Gasteiger partial charge in [0.15, 0.2) is 23.6 Å². The van der Waals surface area contributed by atoms with Crippen LogP contribution in [0.5, 0.6) is 11.5 Å². The summed E-state index contributed by atoms with van der Waals surface area (Å²) in [6, 6.07) is 0.769. The molecular formula is C19H22F6O4. The molecule has 1 aromatic carbocycles. The Labute approximate surface area is 164 Å². The first kappa shape index (κ1) is 23.3. The summed E-state index contributed by atoms with van der Waals surface area (Å²) in [4.78, 5) is 0. The van der Waals surface area contributed by atoms with Crippen LogP contribution in [0.4, 0.5) is 26.3 Å². The van der Waals surface area contributed by atoms with Crippen molar-refractivity contribution in [3.05, 3.63) is 36.1 Å². The van der Waals surface area contributed by atoms with Gasteiger partial charge < -0.3 is 18.9 Å². The van der Waals surface area contributed by atoms with E-state index < -0.39 is 41.6 Å². The second-order valence-electron chi connectivity index (χ2n) is 6.62. The van der Waals surface area contributed by atoms with E-state index in [1.165, 1.54) is 0 Å². The van der Waals surface area contributed by atoms with Crippen molar-refractivity contribution in [2.45, 2.75) is 51.4 Å². The van der Waals surface area contributed by atoms with Crippen molar-refractivity contribution in [3.63, 3.8) is 0 Å². The molecule has 4 nitrogen and oxygen atoms in total. The molecule has 1 aromatic rings. The van der Waals surface area contributed by atoms with Crippen molar-refractivity contribution in [2.24, 2.45) is 5.92 Å². The minimum atomic E-state index is -4.03. The highest BCUT2D eigenvalue weighted by Crippen LogP contribution is 2.34. The lowest BCUT2D eigenvalue weighted by atomic mass is 10.0. The zero-order chi connectivity index (χ0) is 21.4. The van der Waals surface area contributed by atoms with Gasteiger partial charge in [-0.1, -0.05) is 32.6 Å². The third-order valence-electron chi connectivity index (χ3n) is 4.20. The molecule has 0 N–H and O–H groups in total. The summed E-state index contributed by atoms with van der Waals surface area (Å²) in [7, 11) is 0. The van der Waals surface area contributed by atoms with Crippen molar-refractivity contribution >= 4 is 0 Å². The first-order chi connectivity index (χ1) is 13.7. The second kappa shape index (κ2) is 10.7. The summed E-state index contributed by atoms with van der Waals surface area (Å²) in [5.74, 6) is -5.06. The number of benzene rings is 1. The molecule has 0 bridgehead atoms. The highest BCUT2D eigenvalue weighted by molar-refractivity contribution is 5.35. The van der Waals surface area contributed by atoms with Crippen LogP contribution in [0.3, 0.4) is 0 Å². The average molecular weight is 428 g/mol. The Morgan fingerprint density at radius 2 is 1.72 bits per heavy atom. The Kier molecular flexibility index (Phi) is 8.63. The van der Waals surface area contributed by atoms with E-state index in [0.717, 1.165) is 32.1 Å². The molecule has 0 spiro atoms. The normalized spacial score (nSPS) is 19.7. The van der Waals surface area contributed by atoms with E-state index in [-0.39, 0.29) is 25.4 Å². The topological polar surface area (TPSA) is 36.9 Å². The molecule has 1 fully saturated rings. The third kappa shape index (κ3) is 7.11. The maximum Gasteiger partial charge on any atom is 0.451 e. The van der Waals surface area contributed by atoms with Crippen LogP contribution in [0.1, 0.15) is 39.0 Å². The molecule has 10 heteroatoms. The van der Waals surface area contributed by atoms with E-state index in [2.05, 4.69) is 16.4 Å². The van der Waals surface area contributed by atoms with Gasteiger partial charge in [0.05, 0.1) is 13.2 Å². The summed E-state index contributed by atoms with van der Waals surface area (Å²) < 4.78 is 98.5. The van der Waals surface area contributed by atoms with Crippen LogP contribution < -0.4 is 9.47 Å². The van der Waals surface area contributed by atoms with Gasteiger partial charge in [-0.15, -0.1) is 0 Å². The Morgan fingerprint density at radius 1 is 1.10 bits per heavy atom. The molecule has 1 aliphatic heterocycles. The van der Waals surface area contributed by atoms with E-state index in [4.69, 9.17) is 9.47 Å². The summed E-state index contributed by atoms with van der Waals surface area (Å²) in [6.07, 6.45) is -3.63. The fourth-order valence-corrected chi connectivity index (χ4v) is 2.78. The maximum atomic E-state index is 14.2. The number of hydrogen-bond acceptors (Lipinski definition) is 4. The molecule has 1 heterocycles. The molecule has 0 amide bonds. The Bertz CT molecular complexity index is 662. The summed E-state index contributed by atoms with van der Waals surface area (Å²) >= 11 is 0. The quantitative estimate of drug-likeness (QED) is 0.260. The van der Waals surface area contributed by atoms with Crippen molar-refractivity contribution in [2.75, 3.05) is 13.2 Å². The zero-order valence-corrected chi connectivity index (χ0v) is 15.7. The molecule has 164 valence electrons. The van der Waals surface area contributed by atoms with Gasteiger partial charge in [-0.25, -0.2) is 8.78 Å². The minimum Gasteiger partial charge on any atom is -0.453 e. The number of hydrogen-bond donors (Lipinski definition) is 0. The van der Waals surface area contributed by atoms with Crippen molar-refractivity contribution in [1.29, 1.82) is 0 Å². The van der Waals surface area contributed by atoms with Gasteiger partial charge in [0, 0.05) is 18.1 Å². The largest absolute Gasteiger partial charge is 0.453 e. The van der Waals surface area contributed by atoms with Crippen LogP contribution in [0.25, 0.3) is 0 Å². The molecule has 1 saturated heterocycles. The number of ether oxygens (including phenoxy) is 4. The van der Waals surface area contributed by atoms with E-state index in [1.54, 1.807) is 0 Å².